The molecule has 5 heteroatoms. The molecule has 84 valence electrons. The van der Waals surface area contributed by atoms with E-state index in [2.05, 4.69) is 10.3 Å². The number of hydrogen-bond donors (Lipinski definition) is 1. The van der Waals surface area contributed by atoms with Crippen LogP contribution in [0.25, 0.3) is 0 Å². The van der Waals surface area contributed by atoms with Gasteiger partial charge in [0.15, 0.2) is 0 Å². The second-order valence-corrected chi connectivity index (χ2v) is 3.62. The van der Waals surface area contributed by atoms with Crippen LogP contribution in [0.1, 0.15) is 18.2 Å². The van der Waals surface area contributed by atoms with Crippen molar-refractivity contribution >= 4 is 17.5 Å². The molecule has 15 heavy (non-hydrogen) atoms. The van der Waals surface area contributed by atoms with Gasteiger partial charge in [0.2, 0.25) is 5.95 Å². The van der Waals surface area contributed by atoms with Crippen LogP contribution in [0, 0.1) is 6.92 Å². The molecule has 0 amide bonds. The van der Waals surface area contributed by atoms with Crippen molar-refractivity contribution in [3.05, 3.63) is 21.6 Å². The number of nitrogens with one attached hydrogen (secondary N) is 1. The second-order valence-electron chi connectivity index (χ2n) is 3.24. The number of aryl methyl sites for hydroxylation is 1. The Morgan fingerprint density at radius 2 is 2.20 bits per heavy atom. The highest BCUT2D eigenvalue weighted by molar-refractivity contribution is 6.17. The van der Waals surface area contributed by atoms with Crippen LogP contribution in [0.4, 0.5) is 5.95 Å². The number of aromatic nitrogens is 2. The van der Waals surface area contributed by atoms with Crippen molar-refractivity contribution in [3.8, 4) is 0 Å². The minimum atomic E-state index is 0.00926. The molecule has 0 bridgehead atoms. The largest absolute Gasteiger partial charge is 0.359 e. The lowest BCUT2D eigenvalue weighted by Crippen LogP contribution is -2.28. The van der Waals surface area contributed by atoms with E-state index in [9.17, 15) is 4.79 Å². The molecule has 0 radical (unpaired) electrons. The minimum Gasteiger partial charge on any atom is -0.359 e. The fourth-order valence-corrected chi connectivity index (χ4v) is 1.76. The zero-order valence-electron chi connectivity index (χ0n) is 9.30. The second kappa shape index (κ2) is 5.16. The third-order valence-electron chi connectivity index (χ3n) is 2.35. The molecule has 0 aliphatic rings. The predicted octanol–water partition coefficient (Wildman–Crippen LogP) is 1.39. The molecule has 1 aromatic heterocycles. The van der Waals surface area contributed by atoms with E-state index in [0.29, 0.717) is 30.4 Å². The Labute approximate surface area is 94.3 Å². The molecular formula is C10H16ClN3O. The van der Waals surface area contributed by atoms with Crippen molar-refractivity contribution < 1.29 is 0 Å². The molecule has 0 fully saturated rings. The van der Waals surface area contributed by atoms with Crippen LogP contribution in [0.5, 0.6) is 0 Å². The van der Waals surface area contributed by atoms with Gasteiger partial charge in [0.05, 0.1) is 0 Å². The Balaban J connectivity index is 3.38. The predicted molar refractivity (Wildman–Crippen MR) is 62.9 cm³/mol. The molecule has 0 atom stereocenters. The fourth-order valence-electron chi connectivity index (χ4n) is 1.57. The van der Waals surface area contributed by atoms with E-state index in [1.807, 2.05) is 13.8 Å². The van der Waals surface area contributed by atoms with E-state index in [1.54, 1.807) is 11.6 Å². The molecule has 0 aliphatic heterocycles. The molecule has 0 saturated heterocycles. The summed E-state index contributed by atoms with van der Waals surface area (Å²) in [7, 11) is 1.76. The molecule has 0 unspecified atom stereocenters. The molecule has 0 aliphatic carbocycles. The summed E-state index contributed by atoms with van der Waals surface area (Å²) in [5.41, 5.74) is 1.48. The summed E-state index contributed by atoms with van der Waals surface area (Å²) in [6.45, 7) is 4.37. The van der Waals surface area contributed by atoms with Crippen LogP contribution in [-0.2, 0) is 13.0 Å². The van der Waals surface area contributed by atoms with Crippen LogP contribution in [0.3, 0.4) is 0 Å². The topological polar surface area (TPSA) is 46.9 Å². The van der Waals surface area contributed by atoms with Gasteiger partial charge in [-0.3, -0.25) is 9.36 Å². The number of hydrogen-bond acceptors (Lipinski definition) is 3. The zero-order chi connectivity index (χ0) is 11.4. The molecule has 1 heterocycles. The quantitative estimate of drug-likeness (QED) is 0.794. The van der Waals surface area contributed by atoms with Gasteiger partial charge in [0, 0.05) is 30.7 Å². The maximum Gasteiger partial charge on any atom is 0.258 e. The standard InChI is InChI=1S/C10H16ClN3O/c1-4-14-9(15)8(5-6-11)7(2)13-10(14)12-3/h4-6H2,1-3H3,(H,12,13). The molecule has 1 aromatic rings. The molecular weight excluding hydrogens is 214 g/mol. The highest BCUT2D eigenvalue weighted by Crippen LogP contribution is 2.07. The normalized spacial score (nSPS) is 10.4. The Morgan fingerprint density at radius 3 is 2.67 bits per heavy atom. The highest BCUT2D eigenvalue weighted by Gasteiger charge is 2.11. The highest BCUT2D eigenvalue weighted by atomic mass is 35.5. The summed E-state index contributed by atoms with van der Waals surface area (Å²) in [6.07, 6.45) is 0.573. The van der Waals surface area contributed by atoms with E-state index in [-0.39, 0.29) is 5.56 Å². The van der Waals surface area contributed by atoms with Gasteiger partial charge in [-0.1, -0.05) is 0 Å². The summed E-state index contributed by atoms with van der Waals surface area (Å²) in [5.74, 6) is 1.05. The van der Waals surface area contributed by atoms with E-state index in [4.69, 9.17) is 11.6 Å². The van der Waals surface area contributed by atoms with Crippen molar-refractivity contribution in [2.24, 2.45) is 0 Å². The van der Waals surface area contributed by atoms with Gasteiger partial charge in [0.25, 0.3) is 5.56 Å². The van der Waals surface area contributed by atoms with Gasteiger partial charge in [-0.2, -0.15) is 0 Å². The lowest BCUT2D eigenvalue weighted by molar-refractivity contribution is 0.698. The fraction of sp³-hybridized carbons (Fsp3) is 0.600. The maximum atomic E-state index is 12.0. The van der Waals surface area contributed by atoms with Crippen LogP contribution in [-0.4, -0.2) is 22.5 Å². The average molecular weight is 230 g/mol. The first kappa shape index (κ1) is 12.0. The Hall–Kier alpha value is -1.03. The summed E-state index contributed by atoms with van der Waals surface area (Å²) in [5, 5.41) is 2.92. The SMILES string of the molecule is CCn1c(NC)nc(C)c(CCCl)c1=O. The summed E-state index contributed by atoms with van der Waals surface area (Å²) >= 11 is 5.66. The molecule has 1 N–H and O–H groups in total. The molecule has 0 saturated carbocycles. The number of rotatable bonds is 4. The van der Waals surface area contributed by atoms with E-state index < -0.39 is 0 Å². The van der Waals surface area contributed by atoms with Gasteiger partial charge in [-0.05, 0) is 20.3 Å². The van der Waals surface area contributed by atoms with E-state index in [0.717, 1.165) is 5.69 Å². The van der Waals surface area contributed by atoms with Crippen LogP contribution < -0.4 is 10.9 Å². The monoisotopic (exact) mass is 229 g/mol. The first-order chi connectivity index (χ1) is 7.15. The first-order valence-corrected chi connectivity index (χ1v) is 5.53. The lowest BCUT2D eigenvalue weighted by Gasteiger charge is -2.12. The third kappa shape index (κ3) is 2.31. The average Bonchev–Trinajstić information content (AvgIpc) is 2.23. The van der Waals surface area contributed by atoms with Crippen molar-refractivity contribution in [3.63, 3.8) is 0 Å². The van der Waals surface area contributed by atoms with Gasteiger partial charge < -0.3 is 5.32 Å². The van der Waals surface area contributed by atoms with Crippen LogP contribution in [0.15, 0.2) is 4.79 Å². The number of anilines is 1. The van der Waals surface area contributed by atoms with E-state index in [1.165, 1.54) is 0 Å². The summed E-state index contributed by atoms with van der Waals surface area (Å²) in [4.78, 5) is 16.3. The molecule has 0 aromatic carbocycles. The lowest BCUT2D eigenvalue weighted by atomic mass is 10.2. The van der Waals surface area contributed by atoms with Gasteiger partial charge >= 0.3 is 0 Å². The smallest absolute Gasteiger partial charge is 0.258 e. The molecule has 1 rings (SSSR count). The van der Waals surface area contributed by atoms with Crippen molar-refractivity contribution in [1.82, 2.24) is 9.55 Å². The Kier molecular flexibility index (Phi) is 4.15. The summed E-state index contributed by atoms with van der Waals surface area (Å²) in [6, 6.07) is 0. The number of halogens is 1. The van der Waals surface area contributed by atoms with Crippen LogP contribution in [0.2, 0.25) is 0 Å². The summed E-state index contributed by atoms with van der Waals surface area (Å²) < 4.78 is 1.62. The van der Waals surface area contributed by atoms with Gasteiger partial charge in [0.1, 0.15) is 0 Å². The molecule has 0 spiro atoms. The Bertz CT molecular complexity index is 400. The maximum absolute atomic E-state index is 12.0. The third-order valence-corrected chi connectivity index (χ3v) is 2.54. The number of alkyl halides is 1. The zero-order valence-corrected chi connectivity index (χ0v) is 10.1. The minimum absolute atomic E-state index is 0.00926. The first-order valence-electron chi connectivity index (χ1n) is 4.99. The Morgan fingerprint density at radius 1 is 1.53 bits per heavy atom. The van der Waals surface area contributed by atoms with Crippen molar-refractivity contribution in [2.75, 3.05) is 18.2 Å². The van der Waals surface area contributed by atoms with Crippen molar-refractivity contribution in [2.45, 2.75) is 26.8 Å². The number of nitrogens with zero attached hydrogens (tertiary/aromatic N) is 2. The van der Waals surface area contributed by atoms with E-state index >= 15 is 0 Å². The van der Waals surface area contributed by atoms with Gasteiger partial charge in [-0.25, -0.2) is 4.98 Å². The van der Waals surface area contributed by atoms with Gasteiger partial charge in [-0.15, -0.1) is 11.6 Å². The van der Waals surface area contributed by atoms with Crippen LogP contribution >= 0.6 is 11.6 Å². The van der Waals surface area contributed by atoms with Crippen molar-refractivity contribution in [1.29, 1.82) is 0 Å². The molecule has 4 nitrogen and oxygen atoms in total.